The summed E-state index contributed by atoms with van der Waals surface area (Å²) in [5, 5.41) is 8.55. The summed E-state index contributed by atoms with van der Waals surface area (Å²) in [6.45, 7) is 0. The van der Waals surface area contributed by atoms with Crippen molar-refractivity contribution in [2.45, 2.75) is 0 Å². The number of hydrogen-bond donors (Lipinski definition) is 1. The maximum Gasteiger partial charge on any atom is 0.338 e. The van der Waals surface area contributed by atoms with Gasteiger partial charge in [-0.2, -0.15) is 0 Å². The van der Waals surface area contributed by atoms with Crippen molar-refractivity contribution < 1.29 is 23.5 Å². The molecule has 0 atom stereocenters. The van der Waals surface area contributed by atoms with Crippen LogP contribution >= 0.6 is 0 Å². The van der Waals surface area contributed by atoms with E-state index in [0.29, 0.717) is 12.4 Å². The highest BCUT2D eigenvalue weighted by atomic mass is 19.1. The highest BCUT2D eigenvalue weighted by Crippen LogP contribution is 2.16. The number of carboxylic acids is 1. The number of rotatable bonds is 3. The van der Waals surface area contributed by atoms with E-state index in [1.54, 1.807) is 0 Å². The summed E-state index contributed by atoms with van der Waals surface area (Å²) in [5.41, 5.74) is -0.789. The van der Waals surface area contributed by atoms with Gasteiger partial charge in [-0.25, -0.2) is 13.6 Å². The molecule has 0 aliphatic rings. The number of aldehydes is 1. The summed E-state index contributed by atoms with van der Waals surface area (Å²) in [6, 6.07) is 1.29. The Morgan fingerprint density at radius 1 is 1.27 bits per heavy atom. The van der Waals surface area contributed by atoms with Crippen molar-refractivity contribution in [3.05, 3.63) is 41.0 Å². The fourth-order valence-electron chi connectivity index (χ4n) is 1.00. The number of aromatic carboxylic acids is 1. The van der Waals surface area contributed by atoms with E-state index in [1.807, 2.05) is 0 Å². The minimum absolute atomic E-state index is 0.152. The van der Waals surface area contributed by atoms with Crippen molar-refractivity contribution in [1.82, 2.24) is 0 Å². The molecule has 0 amide bonds. The van der Waals surface area contributed by atoms with Gasteiger partial charge in [-0.3, -0.25) is 4.79 Å². The average Bonchev–Trinajstić information content (AvgIpc) is 2.16. The Kier molecular flexibility index (Phi) is 3.28. The van der Waals surface area contributed by atoms with E-state index in [9.17, 15) is 18.4 Å². The molecule has 1 rings (SSSR count). The third kappa shape index (κ3) is 2.46. The molecule has 0 saturated heterocycles. The molecular formula is C10H6F2O3. The molecule has 0 fully saturated rings. The van der Waals surface area contributed by atoms with Gasteiger partial charge in [0.1, 0.15) is 17.9 Å². The van der Waals surface area contributed by atoms with Gasteiger partial charge in [-0.05, 0) is 18.2 Å². The molecule has 0 aliphatic carbocycles. The van der Waals surface area contributed by atoms with Gasteiger partial charge >= 0.3 is 5.97 Å². The summed E-state index contributed by atoms with van der Waals surface area (Å²) in [5.74, 6) is -3.56. The lowest BCUT2D eigenvalue weighted by Gasteiger charge is -2.01. The first-order chi connectivity index (χ1) is 7.06. The van der Waals surface area contributed by atoms with Gasteiger partial charge in [0.15, 0.2) is 0 Å². The van der Waals surface area contributed by atoms with Crippen LogP contribution in [0.1, 0.15) is 15.9 Å². The number of carbonyl (C=O) groups is 2. The summed E-state index contributed by atoms with van der Waals surface area (Å²) in [7, 11) is 0. The van der Waals surface area contributed by atoms with Gasteiger partial charge < -0.3 is 5.11 Å². The maximum atomic E-state index is 13.0. The van der Waals surface area contributed by atoms with Gasteiger partial charge in [0.05, 0.1) is 5.56 Å². The molecule has 0 heterocycles. The molecule has 1 N–H and O–H groups in total. The second-order valence-electron chi connectivity index (χ2n) is 2.65. The Bertz CT molecular complexity index is 439. The molecule has 3 nitrogen and oxygen atoms in total. The van der Waals surface area contributed by atoms with Crippen LogP contribution < -0.4 is 0 Å². The van der Waals surface area contributed by atoms with E-state index in [1.165, 1.54) is 0 Å². The quantitative estimate of drug-likeness (QED) is 0.614. The Hall–Kier alpha value is -2.04. The van der Waals surface area contributed by atoms with Crippen molar-refractivity contribution >= 4 is 18.3 Å². The van der Waals surface area contributed by atoms with Crippen molar-refractivity contribution in [1.29, 1.82) is 0 Å². The van der Waals surface area contributed by atoms with Crippen LogP contribution in [-0.4, -0.2) is 17.4 Å². The van der Waals surface area contributed by atoms with E-state index in [-0.39, 0.29) is 5.56 Å². The van der Waals surface area contributed by atoms with Crippen LogP contribution in [0, 0.1) is 11.6 Å². The molecule has 0 bridgehead atoms. The van der Waals surface area contributed by atoms with Gasteiger partial charge in [0.25, 0.3) is 0 Å². The monoisotopic (exact) mass is 212 g/mol. The molecule has 1 aromatic carbocycles. The normalized spacial score (nSPS) is 10.5. The van der Waals surface area contributed by atoms with Crippen molar-refractivity contribution in [3.8, 4) is 0 Å². The Labute approximate surface area is 83.6 Å². The molecule has 0 radical (unpaired) electrons. The van der Waals surface area contributed by atoms with E-state index in [4.69, 9.17) is 5.11 Å². The molecule has 0 spiro atoms. The highest BCUT2D eigenvalue weighted by molar-refractivity contribution is 5.89. The number of allylic oxidation sites excluding steroid dienone is 1. The van der Waals surface area contributed by atoms with Crippen LogP contribution in [0.2, 0.25) is 0 Å². The Balaban J connectivity index is 3.29. The predicted molar refractivity (Wildman–Crippen MR) is 48.4 cm³/mol. The SMILES string of the molecule is O=CC=Cc1cc(C(=O)O)c(F)cc1F. The zero-order valence-corrected chi connectivity index (χ0v) is 7.41. The fraction of sp³-hybridized carbons (Fsp3) is 0. The van der Waals surface area contributed by atoms with Crippen LogP contribution in [0.5, 0.6) is 0 Å². The number of carboxylic acid groups (broad SMARTS) is 1. The standard InChI is InChI=1S/C10H6F2O3/c11-8-5-9(12)7(10(14)15)4-6(8)2-1-3-13/h1-5H,(H,14,15). The smallest absolute Gasteiger partial charge is 0.338 e. The molecule has 0 aliphatic heterocycles. The average molecular weight is 212 g/mol. The van der Waals surface area contributed by atoms with Crippen molar-refractivity contribution in [2.75, 3.05) is 0 Å². The van der Waals surface area contributed by atoms with E-state index in [0.717, 1.165) is 18.2 Å². The largest absolute Gasteiger partial charge is 0.478 e. The first-order valence-corrected chi connectivity index (χ1v) is 3.90. The summed E-state index contributed by atoms with van der Waals surface area (Å²) in [4.78, 5) is 20.5. The lowest BCUT2D eigenvalue weighted by Crippen LogP contribution is -2.02. The van der Waals surface area contributed by atoms with Crippen LogP contribution in [0.25, 0.3) is 6.08 Å². The van der Waals surface area contributed by atoms with Gasteiger partial charge in [-0.1, -0.05) is 0 Å². The third-order valence-electron chi connectivity index (χ3n) is 1.67. The maximum absolute atomic E-state index is 13.0. The zero-order chi connectivity index (χ0) is 11.4. The van der Waals surface area contributed by atoms with Crippen LogP contribution in [-0.2, 0) is 4.79 Å². The van der Waals surface area contributed by atoms with Gasteiger partial charge in [0, 0.05) is 11.6 Å². The second-order valence-corrected chi connectivity index (χ2v) is 2.65. The summed E-state index contributed by atoms with van der Waals surface area (Å²) >= 11 is 0. The number of carbonyl (C=O) groups excluding carboxylic acids is 1. The second kappa shape index (κ2) is 4.45. The molecule has 5 heteroatoms. The molecule has 0 unspecified atom stereocenters. The lowest BCUT2D eigenvalue weighted by atomic mass is 10.1. The highest BCUT2D eigenvalue weighted by Gasteiger charge is 2.13. The molecule has 0 aromatic heterocycles. The number of benzene rings is 1. The summed E-state index contributed by atoms with van der Waals surface area (Å²) in [6.07, 6.45) is 2.46. The number of halogens is 2. The molecule has 78 valence electrons. The van der Waals surface area contributed by atoms with E-state index in [2.05, 4.69) is 0 Å². The first-order valence-electron chi connectivity index (χ1n) is 3.90. The summed E-state index contributed by atoms with van der Waals surface area (Å²) < 4.78 is 25.9. The van der Waals surface area contributed by atoms with Crippen molar-refractivity contribution in [2.24, 2.45) is 0 Å². The topological polar surface area (TPSA) is 54.4 Å². The van der Waals surface area contributed by atoms with Gasteiger partial charge in [0.2, 0.25) is 0 Å². The van der Waals surface area contributed by atoms with Gasteiger partial charge in [-0.15, -0.1) is 0 Å². The molecular weight excluding hydrogens is 206 g/mol. The van der Waals surface area contributed by atoms with Crippen LogP contribution in [0.15, 0.2) is 18.2 Å². The number of hydrogen-bond acceptors (Lipinski definition) is 2. The molecule has 1 aromatic rings. The molecule has 15 heavy (non-hydrogen) atoms. The zero-order valence-electron chi connectivity index (χ0n) is 7.41. The third-order valence-corrected chi connectivity index (χ3v) is 1.67. The Morgan fingerprint density at radius 3 is 2.47 bits per heavy atom. The predicted octanol–water partition coefficient (Wildman–Crippen LogP) is 1.88. The first kappa shape index (κ1) is 11.0. The minimum atomic E-state index is -1.49. The lowest BCUT2D eigenvalue weighted by molar-refractivity contribution is -0.104. The van der Waals surface area contributed by atoms with Crippen LogP contribution in [0.4, 0.5) is 8.78 Å². The van der Waals surface area contributed by atoms with Crippen molar-refractivity contribution in [3.63, 3.8) is 0 Å². The Morgan fingerprint density at radius 2 is 1.93 bits per heavy atom. The molecule has 0 saturated carbocycles. The fourth-order valence-corrected chi connectivity index (χ4v) is 1.00. The van der Waals surface area contributed by atoms with E-state index < -0.39 is 23.2 Å². The van der Waals surface area contributed by atoms with E-state index >= 15 is 0 Å². The van der Waals surface area contributed by atoms with Crippen LogP contribution in [0.3, 0.4) is 0 Å². The minimum Gasteiger partial charge on any atom is -0.478 e.